The lowest BCUT2D eigenvalue weighted by atomic mass is 10.2. The Morgan fingerprint density at radius 3 is 2.55 bits per heavy atom. The van der Waals surface area contributed by atoms with Crippen LogP contribution >= 0.6 is 0 Å². The number of rotatable bonds is 5. The molecule has 2 rings (SSSR count). The second kappa shape index (κ2) is 6.61. The van der Waals surface area contributed by atoms with Crippen molar-refractivity contribution in [3.8, 4) is 11.5 Å². The topological polar surface area (TPSA) is 113 Å². The molecule has 0 atom stereocenters. The number of ether oxygens (including phenoxy) is 2. The molecule has 0 bridgehead atoms. The van der Waals surface area contributed by atoms with Crippen LogP contribution in [0.25, 0.3) is 0 Å². The van der Waals surface area contributed by atoms with Gasteiger partial charge in [-0.25, -0.2) is 4.79 Å². The van der Waals surface area contributed by atoms with Crippen LogP contribution in [0, 0.1) is 0 Å². The number of aromatic nitrogens is 2. The van der Waals surface area contributed by atoms with Crippen molar-refractivity contribution in [1.82, 2.24) is 9.97 Å². The number of H-pyrrole nitrogens is 2. The number of carbonyl (C=O) groups excluding carboxylic acids is 1. The van der Waals surface area contributed by atoms with Gasteiger partial charge in [-0.15, -0.1) is 0 Å². The van der Waals surface area contributed by atoms with Crippen molar-refractivity contribution in [1.29, 1.82) is 0 Å². The summed E-state index contributed by atoms with van der Waals surface area (Å²) in [7, 11) is 2.99. The van der Waals surface area contributed by atoms with Crippen molar-refractivity contribution in [3.05, 3.63) is 50.8 Å². The highest BCUT2D eigenvalue weighted by Gasteiger charge is 2.10. The number of aromatic amines is 2. The second-order valence-corrected chi connectivity index (χ2v) is 4.40. The molecule has 0 saturated carbocycles. The summed E-state index contributed by atoms with van der Waals surface area (Å²) in [5.41, 5.74) is -0.577. The Bertz CT molecular complexity index is 765. The molecule has 3 N–H and O–H groups in total. The van der Waals surface area contributed by atoms with Crippen molar-refractivity contribution in [2.75, 3.05) is 19.5 Å². The number of methoxy groups -OCH3 is 2. The van der Waals surface area contributed by atoms with Crippen molar-refractivity contribution in [3.63, 3.8) is 0 Å². The summed E-state index contributed by atoms with van der Waals surface area (Å²) in [6, 6.07) is 6.12. The van der Waals surface area contributed by atoms with Gasteiger partial charge >= 0.3 is 5.69 Å². The van der Waals surface area contributed by atoms with Gasteiger partial charge in [0.25, 0.3) is 5.56 Å². The first-order valence-electron chi connectivity index (χ1n) is 6.36. The van der Waals surface area contributed by atoms with E-state index in [1.807, 2.05) is 4.98 Å². The molecule has 116 valence electrons. The van der Waals surface area contributed by atoms with E-state index in [2.05, 4.69) is 10.3 Å². The van der Waals surface area contributed by atoms with E-state index in [9.17, 15) is 14.4 Å². The van der Waals surface area contributed by atoms with Gasteiger partial charge in [-0.2, -0.15) is 0 Å². The lowest BCUT2D eigenvalue weighted by Crippen LogP contribution is -2.25. The summed E-state index contributed by atoms with van der Waals surface area (Å²) < 4.78 is 10.2. The quantitative estimate of drug-likeness (QED) is 0.733. The molecule has 1 aromatic carbocycles. The van der Waals surface area contributed by atoms with E-state index in [1.165, 1.54) is 14.2 Å². The molecule has 0 unspecified atom stereocenters. The molecule has 0 radical (unpaired) electrons. The zero-order valence-corrected chi connectivity index (χ0v) is 12.1. The van der Waals surface area contributed by atoms with E-state index in [0.29, 0.717) is 17.2 Å². The molecule has 0 aliphatic carbocycles. The predicted molar refractivity (Wildman–Crippen MR) is 79.6 cm³/mol. The molecule has 0 aliphatic rings. The Hall–Kier alpha value is -3.03. The van der Waals surface area contributed by atoms with Crippen LogP contribution in [-0.2, 0) is 11.2 Å². The summed E-state index contributed by atoms with van der Waals surface area (Å²) in [5.74, 6) is 0.613. The standard InChI is InChI=1S/C14H15N3O5/c1-21-9-3-4-11(22-2)10(7-9)16-12(18)5-8-6-13(19)17-14(20)15-8/h3-4,6-7H,5H2,1-2H3,(H,16,18)(H2,15,17,19,20). The molecule has 22 heavy (non-hydrogen) atoms. The Kier molecular flexibility index (Phi) is 4.62. The highest BCUT2D eigenvalue weighted by molar-refractivity contribution is 5.93. The van der Waals surface area contributed by atoms with Gasteiger partial charge in [-0.05, 0) is 12.1 Å². The second-order valence-electron chi connectivity index (χ2n) is 4.40. The monoisotopic (exact) mass is 305 g/mol. The Morgan fingerprint density at radius 2 is 1.91 bits per heavy atom. The highest BCUT2D eigenvalue weighted by Crippen LogP contribution is 2.28. The van der Waals surface area contributed by atoms with Gasteiger partial charge in [0.1, 0.15) is 11.5 Å². The minimum absolute atomic E-state index is 0.153. The third-order valence-electron chi connectivity index (χ3n) is 2.85. The maximum absolute atomic E-state index is 12.0. The highest BCUT2D eigenvalue weighted by atomic mass is 16.5. The maximum atomic E-state index is 12.0. The van der Waals surface area contributed by atoms with Gasteiger partial charge in [-0.3, -0.25) is 14.6 Å². The Morgan fingerprint density at radius 1 is 1.14 bits per heavy atom. The van der Waals surface area contributed by atoms with E-state index in [1.54, 1.807) is 18.2 Å². The van der Waals surface area contributed by atoms with E-state index < -0.39 is 17.2 Å². The van der Waals surface area contributed by atoms with Crippen molar-refractivity contribution in [2.45, 2.75) is 6.42 Å². The molecule has 0 spiro atoms. The van der Waals surface area contributed by atoms with Gasteiger partial charge in [0.15, 0.2) is 0 Å². The van der Waals surface area contributed by atoms with Crippen LogP contribution < -0.4 is 26.0 Å². The van der Waals surface area contributed by atoms with Crippen LogP contribution in [0.5, 0.6) is 11.5 Å². The molecule has 1 amide bonds. The molecule has 1 heterocycles. The third kappa shape index (κ3) is 3.75. The largest absolute Gasteiger partial charge is 0.497 e. The van der Waals surface area contributed by atoms with Crippen molar-refractivity contribution < 1.29 is 14.3 Å². The minimum Gasteiger partial charge on any atom is -0.497 e. The number of carbonyl (C=O) groups is 1. The number of nitrogens with one attached hydrogen (secondary N) is 3. The zero-order valence-electron chi connectivity index (χ0n) is 12.1. The molecule has 8 heteroatoms. The lowest BCUT2D eigenvalue weighted by Gasteiger charge is -2.11. The SMILES string of the molecule is COc1ccc(OC)c(NC(=O)Cc2cc(=O)[nH]c(=O)[nH]2)c1. The van der Waals surface area contributed by atoms with Crippen LogP contribution in [0.2, 0.25) is 0 Å². The van der Waals surface area contributed by atoms with E-state index >= 15 is 0 Å². The van der Waals surface area contributed by atoms with E-state index in [4.69, 9.17) is 9.47 Å². The smallest absolute Gasteiger partial charge is 0.325 e. The number of hydrogen-bond donors (Lipinski definition) is 3. The van der Waals surface area contributed by atoms with E-state index in [-0.39, 0.29) is 12.1 Å². The molecular weight excluding hydrogens is 290 g/mol. The van der Waals surface area contributed by atoms with Gasteiger partial charge in [-0.1, -0.05) is 0 Å². The van der Waals surface area contributed by atoms with E-state index in [0.717, 1.165) is 6.07 Å². The number of benzene rings is 1. The zero-order chi connectivity index (χ0) is 16.1. The molecule has 0 saturated heterocycles. The fraction of sp³-hybridized carbons (Fsp3) is 0.214. The molecule has 1 aromatic heterocycles. The summed E-state index contributed by atoms with van der Waals surface area (Å²) in [4.78, 5) is 38.8. The fourth-order valence-corrected chi connectivity index (χ4v) is 1.89. The normalized spacial score (nSPS) is 10.1. The first kappa shape index (κ1) is 15.4. The van der Waals surface area contributed by atoms with Gasteiger partial charge in [0, 0.05) is 17.8 Å². The molecule has 2 aromatic rings. The number of hydrogen-bond acceptors (Lipinski definition) is 5. The van der Waals surface area contributed by atoms with Crippen LogP contribution in [0.4, 0.5) is 5.69 Å². The van der Waals surface area contributed by atoms with Crippen LogP contribution in [0.15, 0.2) is 33.9 Å². The number of anilines is 1. The lowest BCUT2D eigenvalue weighted by molar-refractivity contribution is -0.115. The molecule has 0 aliphatic heterocycles. The Balaban J connectivity index is 2.18. The molecular formula is C14H15N3O5. The van der Waals surface area contributed by atoms with Gasteiger partial charge < -0.3 is 19.8 Å². The summed E-state index contributed by atoms with van der Waals surface area (Å²) in [6.45, 7) is 0. The maximum Gasteiger partial charge on any atom is 0.325 e. The molecule has 0 fully saturated rings. The summed E-state index contributed by atoms with van der Waals surface area (Å²) in [5, 5.41) is 2.65. The average Bonchev–Trinajstić information content (AvgIpc) is 2.45. The third-order valence-corrected chi connectivity index (χ3v) is 2.85. The van der Waals surface area contributed by atoms with Gasteiger partial charge in [0.05, 0.1) is 26.3 Å². The first-order valence-corrected chi connectivity index (χ1v) is 6.36. The minimum atomic E-state index is -0.658. The summed E-state index contributed by atoms with van der Waals surface area (Å²) >= 11 is 0. The fourth-order valence-electron chi connectivity index (χ4n) is 1.89. The van der Waals surface area contributed by atoms with Crippen LogP contribution in [0.3, 0.4) is 0 Å². The van der Waals surface area contributed by atoms with Crippen molar-refractivity contribution >= 4 is 11.6 Å². The number of amides is 1. The van der Waals surface area contributed by atoms with Crippen LogP contribution in [-0.4, -0.2) is 30.1 Å². The van der Waals surface area contributed by atoms with Gasteiger partial charge in [0.2, 0.25) is 5.91 Å². The first-order chi connectivity index (χ1) is 10.5. The predicted octanol–water partition coefficient (Wildman–Crippen LogP) is 0.262. The Labute approximate surface area is 125 Å². The summed E-state index contributed by atoms with van der Waals surface area (Å²) in [6.07, 6.45) is -0.153. The van der Waals surface area contributed by atoms with Crippen molar-refractivity contribution in [2.24, 2.45) is 0 Å². The average molecular weight is 305 g/mol. The van der Waals surface area contributed by atoms with Crippen LogP contribution in [0.1, 0.15) is 5.69 Å². The molecule has 8 nitrogen and oxygen atoms in total.